The van der Waals surface area contributed by atoms with Crippen molar-refractivity contribution in [1.82, 2.24) is 0 Å². The third-order valence-electron chi connectivity index (χ3n) is 6.51. The second-order valence-corrected chi connectivity index (χ2v) is 8.23. The molecule has 0 aromatic heterocycles. The first-order valence-corrected chi connectivity index (χ1v) is 8.47. The van der Waals surface area contributed by atoms with Gasteiger partial charge in [0.15, 0.2) is 0 Å². The lowest BCUT2D eigenvalue weighted by Crippen LogP contribution is -2.60. The summed E-state index contributed by atoms with van der Waals surface area (Å²) < 4.78 is 0. The standard InChI is InChI=1S/C20H32O2/c1-7-13(2)8-10-15-14(3)9-11-17-19(4,5)18(22)16(21)12-20(15,17)6/h7-8,15-18,21-22H,1,3,9-12H2,2,4-6H3/b13-8+/t15-,16?,17-,18?,20+/m0/s1. The van der Waals surface area contributed by atoms with Gasteiger partial charge in [-0.1, -0.05) is 57.2 Å². The molecule has 22 heavy (non-hydrogen) atoms. The Morgan fingerprint density at radius 3 is 2.55 bits per heavy atom. The SMILES string of the molecule is C=C/C(C)=C/C[C@H]1C(=C)CC[C@H]2C(C)(C)C(O)C(O)C[C@]12C. The minimum absolute atomic E-state index is 0.00453. The van der Waals surface area contributed by atoms with Crippen molar-refractivity contribution in [2.24, 2.45) is 22.7 Å². The number of fused-ring (bicyclic) bond motifs is 1. The summed E-state index contributed by atoms with van der Waals surface area (Å²) in [5, 5.41) is 20.9. The van der Waals surface area contributed by atoms with Crippen LogP contribution in [0.5, 0.6) is 0 Å². The quantitative estimate of drug-likeness (QED) is 0.604. The van der Waals surface area contributed by atoms with Crippen LogP contribution in [0.15, 0.2) is 36.5 Å². The van der Waals surface area contributed by atoms with Crippen molar-refractivity contribution in [2.45, 2.75) is 65.6 Å². The molecule has 0 spiro atoms. The van der Waals surface area contributed by atoms with Crippen molar-refractivity contribution >= 4 is 0 Å². The first kappa shape index (κ1) is 17.5. The lowest BCUT2D eigenvalue weighted by Gasteiger charge is -2.60. The molecule has 0 aliphatic heterocycles. The third-order valence-corrected chi connectivity index (χ3v) is 6.51. The van der Waals surface area contributed by atoms with E-state index >= 15 is 0 Å². The van der Waals surface area contributed by atoms with Crippen LogP contribution in [0, 0.1) is 22.7 Å². The Bertz CT molecular complexity index is 488. The minimum atomic E-state index is -0.644. The normalized spacial score (nSPS) is 41.9. The number of hydrogen-bond donors (Lipinski definition) is 2. The van der Waals surface area contributed by atoms with Gasteiger partial charge in [0.25, 0.3) is 0 Å². The van der Waals surface area contributed by atoms with Crippen LogP contribution in [0.3, 0.4) is 0 Å². The van der Waals surface area contributed by atoms with Crippen molar-refractivity contribution in [3.63, 3.8) is 0 Å². The van der Waals surface area contributed by atoms with E-state index in [0.717, 1.165) is 19.3 Å². The molecule has 0 aromatic rings. The van der Waals surface area contributed by atoms with Crippen molar-refractivity contribution < 1.29 is 10.2 Å². The molecular formula is C20H32O2. The molecule has 2 unspecified atom stereocenters. The fourth-order valence-corrected chi connectivity index (χ4v) is 5.14. The average molecular weight is 304 g/mol. The van der Waals surface area contributed by atoms with Crippen LogP contribution >= 0.6 is 0 Å². The van der Waals surface area contributed by atoms with E-state index in [4.69, 9.17) is 0 Å². The van der Waals surface area contributed by atoms with E-state index in [2.05, 4.69) is 46.9 Å². The highest BCUT2D eigenvalue weighted by Gasteiger charge is 2.58. The van der Waals surface area contributed by atoms with Gasteiger partial charge in [0.1, 0.15) is 0 Å². The second kappa shape index (κ2) is 5.98. The predicted molar refractivity (Wildman–Crippen MR) is 92.4 cm³/mol. The van der Waals surface area contributed by atoms with Gasteiger partial charge in [-0.2, -0.15) is 0 Å². The maximum Gasteiger partial charge on any atom is 0.0852 e. The zero-order valence-corrected chi connectivity index (χ0v) is 14.6. The minimum Gasteiger partial charge on any atom is -0.390 e. The molecule has 2 aliphatic rings. The third kappa shape index (κ3) is 2.72. The Hall–Kier alpha value is -0.860. The van der Waals surface area contributed by atoms with Gasteiger partial charge in [0.05, 0.1) is 12.2 Å². The highest BCUT2D eigenvalue weighted by Crippen LogP contribution is 2.61. The van der Waals surface area contributed by atoms with Crippen LogP contribution in [-0.2, 0) is 0 Å². The van der Waals surface area contributed by atoms with Gasteiger partial charge in [0.2, 0.25) is 0 Å². The van der Waals surface area contributed by atoms with Crippen molar-refractivity contribution in [3.8, 4) is 0 Å². The molecule has 2 heteroatoms. The Balaban J connectivity index is 2.37. The molecule has 0 bridgehead atoms. The highest BCUT2D eigenvalue weighted by molar-refractivity contribution is 5.21. The number of aliphatic hydroxyl groups excluding tert-OH is 2. The average Bonchev–Trinajstić information content (AvgIpc) is 2.43. The summed E-state index contributed by atoms with van der Waals surface area (Å²) >= 11 is 0. The summed E-state index contributed by atoms with van der Waals surface area (Å²) in [5.41, 5.74) is 2.22. The molecule has 2 aliphatic carbocycles. The summed E-state index contributed by atoms with van der Waals surface area (Å²) in [7, 11) is 0. The summed E-state index contributed by atoms with van der Waals surface area (Å²) in [6.07, 6.45) is 6.54. The van der Waals surface area contributed by atoms with Crippen LogP contribution in [0.1, 0.15) is 53.4 Å². The molecule has 2 rings (SSSR count). The number of rotatable bonds is 3. The Kier molecular flexibility index (Phi) is 4.75. The molecule has 0 aromatic carbocycles. The van der Waals surface area contributed by atoms with E-state index in [9.17, 15) is 10.2 Å². The van der Waals surface area contributed by atoms with Gasteiger partial charge in [-0.25, -0.2) is 0 Å². The van der Waals surface area contributed by atoms with Gasteiger partial charge < -0.3 is 10.2 Å². The van der Waals surface area contributed by atoms with E-state index in [1.165, 1.54) is 11.1 Å². The van der Waals surface area contributed by atoms with Crippen LogP contribution in [0.25, 0.3) is 0 Å². The molecule has 2 fully saturated rings. The van der Waals surface area contributed by atoms with Gasteiger partial charge in [-0.3, -0.25) is 0 Å². The molecule has 0 amide bonds. The maximum absolute atomic E-state index is 10.5. The van der Waals surface area contributed by atoms with Gasteiger partial charge in [0, 0.05) is 0 Å². The van der Waals surface area contributed by atoms with Gasteiger partial charge >= 0.3 is 0 Å². The number of allylic oxidation sites excluding steroid dienone is 4. The number of hydrogen-bond acceptors (Lipinski definition) is 2. The zero-order chi connectivity index (χ0) is 16.7. The topological polar surface area (TPSA) is 40.5 Å². The van der Waals surface area contributed by atoms with Crippen molar-refractivity contribution in [3.05, 3.63) is 36.5 Å². The van der Waals surface area contributed by atoms with Crippen LogP contribution < -0.4 is 0 Å². The van der Waals surface area contributed by atoms with E-state index in [1.807, 2.05) is 6.08 Å². The lowest BCUT2D eigenvalue weighted by molar-refractivity contribution is -0.179. The van der Waals surface area contributed by atoms with Crippen molar-refractivity contribution in [1.29, 1.82) is 0 Å². The summed E-state index contributed by atoms with van der Waals surface area (Å²) in [6, 6.07) is 0. The second-order valence-electron chi connectivity index (χ2n) is 8.23. The number of aliphatic hydroxyl groups is 2. The van der Waals surface area contributed by atoms with E-state index < -0.39 is 12.2 Å². The Morgan fingerprint density at radius 2 is 1.95 bits per heavy atom. The molecule has 2 saturated carbocycles. The summed E-state index contributed by atoms with van der Waals surface area (Å²) in [5.74, 6) is 0.772. The van der Waals surface area contributed by atoms with Gasteiger partial charge in [-0.15, -0.1) is 0 Å². The zero-order valence-electron chi connectivity index (χ0n) is 14.6. The van der Waals surface area contributed by atoms with Crippen LogP contribution in [-0.4, -0.2) is 22.4 Å². The molecule has 0 saturated heterocycles. The summed E-state index contributed by atoms with van der Waals surface area (Å²) in [4.78, 5) is 0. The van der Waals surface area contributed by atoms with E-state index in [0.29, 0.717) is 18.3 Å². The van der Waals surface area contributed by atoms with Crippen LogP contribution in [0.2, 0.25) is 0 Å². The lowest BCUT2D eigenvalue weighted by atomic mass is 9.46. The van der Waals surface area contributed by atoms with Crippen molar-refractivity contribution in [2.75, 3.05) is 0 Å². The first-order chi connectivity index (χ1) is 10.1. The summed E-state index contributed by atoms with van der Waals surface area (Å²) in [6.45, 7) is 16.7. The van der Waals surface area contributed by atoms with E-state index in [-0.39, 0.29) is 10.8 Å². The Morgan fingerprint density at radius 1 is 1.32 bits per heavy atom. The fourth-order valence-electron chi connectivity index (χ4n) is 5.14. The maximum atomic E-state index is 10.5. The molecular weight excluding hydrogens is 272 g/mol. The predicted octanol–water partition coefficient (Wildman–Crippen LogP) is 4.25. The smallest absolute Gasteiger partial charge is 0.0852 e. The van der Waals surface area contributed by atoms with E-state index in [1.54, 1.807) is 0 Å². The molecule has 0 heterocycles. The monoisotopic (exact) mass is 304 g/mol. The highest BCUT2D eigenvalue weighted by atomic mass is 16.3. The van der Waals surface area contributed by atoms with Crippen LogP contribution in [0.4, 0.5) is 0 Å². The Labute approximate surface area is 135 Å². The first-order valence-electron chi connectivity index (χ1n) is 8.47. The largest absolute Gasteiger partial charge is 0.390 e. The van der Waals surface area contributed by atoms with Gasteiger partial charge in [-0.05, 0) is 55.3 Å². The molecule has 2 N–H and O–H groups in total. The molecule has 124 valence electrons. The molecule has 0 radical (unpaired) electrons. The molecule has 2 nitrogen and oxygen atoms in total. The molecule has 5 atom stereocenters. The fraction of sp³-hybridized carbons (Fsp3) is 0.700.